The third-order valence-corrected chi connectivity index (χ3v) is 4.47. The first-order valence-corrected chi connectivity index (χ1v) is 8.95. The molecule has 1 aromatic heterocycles. The smallest absolute Gasteiger partial charge is 0.198 e. The normalized spacial score (nSPS) is 10.7. The second-order valence-corrected chi connectivity index (χ2v) is 6.43. The number of benzene rings is 2. The van der Waals surface area contributed by atoms with Gasteiger partial charge in [0.1, 0.15) is 17.2 Å². The maximum atomic E-state index is 13.2. The van der Waals surface area contributed by atoms with Crippen LogP contribution in [0.3, 0.4) is 0 Å². The van der Waals surface area contributed by atoms with Crippen molar-refractivity contribution in [1.29, 1.82) is 0 Å². The summed E-state index contributed by atoms with van der Waals surface area (Å²) < 4.78 is 10.7. The highest BCUT2D eigenvalue weighted by molar-refractivity contribution is 6.30. The Kier molecular flexibility index (Phi) is 5.74. The van der Waals surface area contributed by atoms with Crippen molar-refractivity contribution in [3.8, 4) is 17.0 Å². The molecule has 1 heterocycles. The van der Waals surface area contributed by atoms with E-state index in [0.29, 0.717) is 34.0 Å². The van der Waals surface area contributed by atoms with E-state index in [-0.39, 0.29) is 5.78 Å². The average Bonchev–Trinajstić information content (AvgIpc) is 3.10. The van der Waals surface area contributed by atoms with Crippen LogP contribution in [-0.2, 0) is 6.42 Å². The topological polar surface area (TPSA) is 52.3 Å². The molecule has 0 bridgehead atoms. The van der Waals surface area contributed by atoms with Crippen molar-refractivity contribution in [2.75, 3.05) is 7.11 Å². The van der Waals surface area contributed by atoms with Gasteiger partial charge >= 0.3 is 0 Å². The summed E-state index contributed by atoms with van der Waals surface area (Å²) in [5.74, 6) is 1.26. The minimum Gasteiger partial charge on any atom is -0.497 e. The predicted molar refractivity (Wildman–Crippen MR) is 102 cm³/mol. The highest BCUT2D eigenvalue weighted by atomic mass is 35.5. The Labute approximate surface area is 157 Å². The van der Waals surface area contributed by atoms with Gasteiger partial charge in [-0.05, 0) is 55.0 Å². The average molecular weight is 370 g/mol. The molecule has 0 unspecified atom stereocenters. The quantitative estimate of drug-likeness (QED) is 0.510. The van der Waals surface area contributed by atoms with E-state index in [0.717, 1.165) is 24.2 Å². The molecule has 26 heavy (non-hydrogen) atoms. The van der Waals surface area contributed by atoms with E-state index in [1.807, 2.05) is 24.3 Å². The summed E-state index contributed by atoms with van der Waals surface area (Å²) in [6.07, 6.45) is 2.61. The number of nitrogens with zero attached hydrogens (tertiary/aromatic N) is 1. The predicted octanol–water partition coefficient (Wildman–Crippen LogP) is 5.58. The van der Waals surface area contributed by atoms with Gasteiger partial charge in [0.15, 0.2) is 5.78 Å². The van der Waals surface area contributed by atoms with Crippen LogP contribution in [0, 0.1) is 0 Å². The first-order chi connectivity index (χ1) is 12.6. The Balaban J connectivity index is 2.05. The number of aryl methyl sites for hydroxylation is 1. The zero-order valence-corrected chi connectivity index (χ0v) is 15.5. The summed E-state index contributed by atoms with van der Waals surface area (Å²) >= 11 is 5.94. The largest absolute Gasteiger partial charge is 0.497 e. The third kappa shape index (κ3) is 3.81. The molecular weight excluding hydrogens is 350 g/mol. The van der Waals surface area contributed by atoms with E-state index in [9.17, 15) is 4.79 Å². The Morgan fingerprint density at radius 2 is 1.81 bits per heavy atom. The minimum absolute atomic E-state index is 0.111. The van der Waals surface area contributed by atoms with Crippen molar-refractivity contribution in [3.63, 3.8) is 0 Å². The summed E-state index contributed by atoms with van der Waals surface area (Å²) in [5, 5.41) is 4.79. The van der Waals surface area contributed by atoms with E-state index in [1.165, 1.54) is 0 Å². The summed E-state index contributed by atoms with van der Waals surface area (Å²) in [4.78, 5) is 13.2. The molecule has 0 spiro atoms. The van der Waals surface area contributed by atoms with Gasteiger partial charge in [-0.3, -0.25) is 4.79 Å². The van der Waals surface area contributed by atoms with Gasteiger partial charge in [-0.15, -0.1) is 0 Å². The fourth-order valence-electron chi connectivity index (χ4n) is 2.76. The standard InChI is InChI=1S/C21H20ClNO3/c1-3-4-5-18-19(21(24)15-6-10-16(22)11-7-15)20(23-26-18)14-8-12-17(25-2)13-9-14/h6-13H,3-5H2,1-2H3. The number of methoxy groups -OCH3 is 1. The van der Waals surface area contributed by atoms with Crippen LogP contribution in [0.4, 0.5) is 0 Å². The Bertz CT molecular complexity index is 883. The van der Waals surface area contributed by atoms with Gasteiger partial charge in [0.2, 0.25) is 0 Å². The van der Waals surface area contributed by atoms with Crippen LogP contribution in [0.25, 0.3) is 11.3 Å². The van der Waals surface area contributed by atoms with Crippen LogP contribution >= 0.6 is 11.6 Å². The second-order valence-electron chi connectivity index (χ2n) is 6.00. The van der Waals surface area contributed by atoms with E-state index in [1.54, 1.807) is 31.4 Å². The van der Waals surface area contributed by atoms with Gasteiger partial charge in [-0.25, -0.2) is 0 Å². The lowest BCUT2D eigenvalue weighted by Gasteiger charge is -2.05. The number of hydrogen-bond donors (Lipinski definition) is 0. The van der Waals surface area contributed by atoms with E-state index < -0.39 is 0 Å². The second kappa shape index (κ2) is 8.19. The number of aromatic nitrogens is 1. The zero-order chi connectivity index (χ0) is 18.5. The fraction of sp³-hybridized carbons (Fsp3) is 0.238. The first kappa shape index (κ1) is 18.2. The number of carbonyl (C=O) groups is 1. The van der Waals surface area contributed by atoms with Crippen molar-refractivity contribution < 1.29 is 14.1 Å². The first-order valence-electron chi connectivity index (χ1n) is 8.57. The molecule has 0 aliphatic rings. The third-order valence-electron chi connectivity index (χ3n) is 4.22. The molecule has 0 saturated carbocycles. The molecule has 0 fully saturated rings. The fourth-order valence-corrected chi connectivity index (χ4v) is 2.88. The maximum Gasteiger partial charge on any atom is 0.198 e. The van der Waals surface area contributed by atoms with Crippen LogP contribution in [0.2, 0.25) is 5.02 Å². The van der Waals surface area contributed by atoms with Crippen molar-refractivity contribution in [2.45, 2.75) is 26.2 Å². The van der Waals surface area contributed by atoms with Crippen LogP contribution in [0.5, 0.6) is 5.75 Å². The van der Waals surface area contributed by atoms with Crippen LogP contribution in [0.15, 0.2) is 53.1 Å². The van der Waals surface area contributed by atoms with Crippen LogP contribution < -0.4 is 4.74 Å². The highest BCUT2D eigenvalue weighted by Gasteiger charge is 2.24. The van der Waals surface area contributed by atoms with Crippen LogP contribution in [0.1, 0.15) is 41.4 Å². The molecule has 2 aromatic carbocycles. The van der Waals surface area contributed by atoms with Gasteiger partial charge in [0.05, 0.1) is 12.7 Å². The molecule has 0 amide bonds. The van der Waals surface area contributed by atoms with Gasteiger partial charge in [-0.2, -0.15) is 0 Å². The molecule has 0 radical (unpaired) electrons. The van der Waals surface area contributed by atoms with Crippen molar-refractivity contribution in [1.82, 2.24) is 5.16 Å². The number of carbonyl (C=O) groups excluding carboxylic acids is 1. The van der Waals surface area contributed by atoms with E-state index in [4.69, 9.17) is 20.9 Å². The van der Waals surface area contributed by atoms with Gasteiger partial charge in [0.25, 0.3) is 0 Å². The molecule has 0 aliphatic carbocycles. The Hall–Kier alpha value is -2.59. The molecule has 5 heteroatoms. The lowest BCUT2D eigenvalue weighted by molar-refractivity contribution is 0.103. The van der Waals surface area contributed by atoms with Crippen molar-refractivity contribution in [2.24, 2.45) is 0 Å². The van der Waals surface area contributed by atoms with Crippen molar-refractivity contribution in [3.05, 3.63) is 70.4 Å². The molecule has 134 valence electrons. The number of halogens is 1. The molecule has 3 rings (SSSR count). The Morgan fingerprint density at radius 3 is 2.42 bits per heavy atom. The Morgan fingerprint density at radius 1 is 1.12 bits per heavy atom. The molecule has 4 nitrogen and oxygen atoms in total. The molecule has 0 atom stereocenters. The van der Waals surface area contributed by atoms with Gasteiger partial charge in [0, 0.05) is 22.6 Å². The number of ether oxygens (including phenoxy) is 1. The van der Waals surface area contributed by atoms with Gasteiger partial charge < -0.3 is 9.26 Å². The van der Waals surface area contributed by atoms with Crippen molar-refractivity contribution >= 4 is 17.4 Å². The van der Waals surface area contributed by atoms with E-state index >= 15 is 0 Å². The zero-order valence-electron chi connectivity index (χ0n) is 14.8. The molecule has 0 N–H and O–H groups in total. The molecule has 0 saturated heterocycles. The SMILES string of the molecule is CCCCc1onc(-c2ccc(OC)cc2)c1C(=O)c1ccc(Cl)cc1. The molecule has 0 aliphatic heterocycles. The molecule has 3 aromatic rings. The summed E-state index contributed by atoms with van der Waals surface area (Å²) in [5.41, 5.74) is 2.45. The number of ketones is 1. The summed E-state index contributed by atoms with van der Waals surface area (Å²) in [6, 6.07) is 14.3. The highest BCUT2D eigenvalue weighted by Crippen LogP contribution is 2.30. The number of hydrogen-bond acceptors (Lipinski definition) is 4. The lowest BCUT2D eigenvalue weighted by atomic mass is 9.96. The number of rotatable bonds is 7. The lowest BCUT2D eigenvalue weighted by Crippen LogP contribution is -2.05. The molecular formula is C21H20ClNO3. The maximum absolute atomic E-state index is 13.2. The van der Waals surface area contributed by atoms with Gasteiger partial charge in [-0.1, -0.05) is 30.1 Å². The number of unbranched alkanes of at least 4 members (excludes halogenated alkanes) is 1. The summed E-state index contributed by atoms with van der Waals surface area (Å²) in [7, 11) is 1.61. The van der Waals surface area contributed by atoms with E-state index in [2.05, 4.69) is 12.1 Å². The monoisotopic (exact) mass is 369 g/mol. The minimum atomic E-state index is -0.111. The summed E-state index contributed by atoms with van der Waals surface area (Å²) in [6.45, 7) is 2.10. The van der Waals surface area contributed by atoms with Crippen LogP contribution in [-0.4, -0.2) is 18.0 Å².